The fraction of sp³-hybridized carbons (Fsp3) is 1.00. The van der Waals surface area contributed by atoms with Gasteiger partial charge in [-0.15, -0.1) is 0 Å². The largest absolute Gasteiger partial charge is 0.394 e. The second-order valence-electron chi connectivity index (χ2n) is 7.20. The molecule has 0 amide bonds. The quantitative estimate of drug-likeness (QED) is 0.419. The van der Waals surface area contributed by atoms with E-state index < -0.39 is 10.4 Å². The van der Waals surface area contributed by atoms with Crippen LogP contribution in [0.5, 0.6) is 0 Å². The van der Waals surface area contributed by atoms with Crippen LogP contribution in [-0.4, -0.2) is 115 Å². The second kappa shape index (κ2) is 4.85. The van der Waals surface area contributed by atoms with Gasteiger partial charge in [0.1, 0.15) is 0 Å². The molecule has 4 aliphatic heterocycles. The molecule has 0 aromatic carbocycles. The molecule has 0 aromatic heterocycles. The maximum Gasteiger partial charge on any atom is 0.394 e. The van der Waals surface area contributed by atoms with Crippen molar-refractivity contribution in [3.05, 3.63) is 0 Å². The topological polar surface area (TPSA) is 81.1 Å². The molecule has 4 aliphatic rings. The van der Waals surface area contributed by atoms with E-state index in [0.717, 1.165) is 12.3 Å². The van der Waals surface area contributed by atoms with Crippen LogP contribution < -0.4 is 0 Å². The number of hydrogen-bond acceptors (Lipinski definition) is 4. The average molecular weight is 322 g/mol. The average Bonchev–Trinajstić information content (AvgIpc) is 2.85. The van der Waals surface area contributed by atoms with Gasteiger partial charge in [-0.3, -0.25) is 9.11 Å². The van der Waals surface area contributed by atoms with Crippen LogP contribution in [0, 0.1) is 0 Å². The van der Waals surface area contributed by atoms with Crippen LogP contribution in [-0.2, 0) is 10.4 Å². The summed E-state index contributed by atoms with van der Waals surface area (Å²) in [5.41, 5.74) is 0. The van der Waals surface area contributed by atoms with Crippen molar-refractivity contribution in [1.29, 1.82) is 0 Å². The first-order valence-corrected chi connectivity index (χ1v) is 8.89. The van der Waals surface area contributed by atoms with Crippen LogP contribution in [0.1, 0.15) is 0 Å². The van der Waals surface area contributed by atoms with Gasteiger partial charge in [0.15, 0.2) is 0 Å². The molecule has 8 nitrogen and oxygen atoms in total. The van der Waals surface area contributed by atoms with Gasteiger partial charge in [-0.2, -0.15) is 8.42 Å². The summed E-state index contributed by atoms with van der Waals surface area (Å²) < 4.78 is 34.2. The predicted molar refractivity (Wildman–Crippen MR) is 76.7 cm³/mol. The van der Waals surface area contributed by atoms with E-state index in [4.69, 9.17) is 17.5 Å². The third-order valence-electron chi connectivity index (χ3n) is 5.88. The molecule has 0 spiro atoms. The van der Waals surface area contributed by atoms with Crippen LogP contribution in [0.2, 0.25) is 0 Å². The van der Waals surface area contributed by atoms with Gasteiger partial charge in [0.25, 0.3) is 0 Å². The normalized spacial score (nSPS) is 45.9. The van der Waals surface area contributed by atoms with E-state index in [2.05, 4.69) is 23.9 Å². The molecular formula is C12H26N4O4S+2. The zero-order chi connectivity index (χ0) is 15.5. The molecule has 0 aromatic rings. The van der Waals surface area contributed by atoms with Crippen LogP contribution in [0.3, 0.4) is 0 Å². The number of quaternary nitrogens is 2. The highest BCUT2D eigenvalue weighted by Gasteiger charge is 2.64. The van der Waals surface area contributed by atoms with Crippen molar-refractivity contribution in [3.63, 3.8) is 0 Å². The molecule has 2 atom stereocenters. The maximum absolute atomic E-state index is 8.74. The molecule has 9 heteroatoms. The zero-order valence-electron chi connectivity index (χ0n) is 12.7. The Labute approximate surface area is 126 Å². The van der Waals surface area contributed by atoms with Crippen molar-refractivity contribution in [2.75, 3.05) is 66.5 Å². The molecule has 2 unspecified atom stereocenters. The van der Waals surface area contributed by atoms with Gasteiger partial charge in [0.05, 0.1) is 66.5 Å². The van der Waals surface area contributed by atoms with Gasteiger partial charge >= 0.3 is 10.4 Å². The van der Waals surface area contributed by atoms with Crippen molar-refractivity contribution in [3.8, 4) is 0 Å². The molecule has 4 saturated heterocycles. The van der Waals surface area contributed by atoms with Crippen LogP contribution in [0.25, 0.3) is 0 Å². The van der Waals surface area contributed by atoms with Crippen LogP contribution >= 0.6 is 0 Å². The third-order valence-corrected chi connectivity index (χ3v) is 5.88. The van der Waals surface area contributed by atoms with Gasteiger partial charge in [0.2, 0.25) is 12.3 Å². The van der Waals surface area contributed by atoms with E-state index in [1.165, 1.54) is 61.3 Å². The highest BCUT2D eigenvalue weighted by atomic mass is 32.3. The third kappa shape index (κ3) is 2.72. The maximum atomic E-state index is 8.74. The van der Waals surface area contributed by atoms with Crippen molar-refractivity contribution in [2.45, 2.75) is 12.3 Å². The molecule has 0 aliphatic carbocycles. The molecule has 0 radical (unpaired) electrons. The molecular weight excluding hydrogens is 296 g/mol. The summed E-state index contributed by atoms with van der Waals surface area (Å²) in [5, 5.41) is 0. The summed E-state index contributed by atoms with van der Waals surface area (Å²) in [4.78, 5) is 5.56. The molecule has 4 rings (SSSR count). The number of likely N-dealkylation sites (N-methyl/N-ethyl adjacent to an activating group) is 2. The molecule has 122 valence electrons. The Bertz CT molecular complexity index is 489. The second-order valence-corrected chi connectivity index (χ2v) is 8.10. The summed E-state index contributed by atoms with van der Waals surface area (Å²) in [7, 11) is 0.325. The first-order chi connectivity index (χ1) is 9.62. The van der Waals surface area contributed by atoms with E-state index in [0.29, 0.717) is 0 Å². The minimum absolute atomic E-state index is 0.801. The SMILES string of the molecule is C[N+]12CCN3CC[N+]4(C)CCN(CC1)C4C32.O=S(=O)(O)O. The highest BCUT2D eigenvalue weighted by molar-refractivity contribution is 7.79. The Balaban J connectivity index is 0.000000233. The van der Waals surface area contributed by atoms with Crippen LogP contribution in [0.15, 0.2) is 0 Å². The van der Waals surface area contributed by atoms with Crippen molar-refractivity contribution in [1.82, 2.24) is 9.80 Å². The lowest BCUT2D eigenvalue weighted by atomic mass is 10.1. The Kier molecular flexibility index (Phi) is 3.60. The molecule has 21 heavy (non-hydrogen) atoms. The Hall–Kier alpha value is -0.290. The van der Waals surface area contributed by atoms with E-state index in [9.17, 15) is 0 Å². The van der Waals surface area contributed by atoms with Crippen molar-refractivity contribution >= 4 is 10.4 Å². The summed E-state index contributed by atoms with van der Waals surface area (Å²) >= 11 is 0. The number of nitrogens with zero attached hydrogens (tertiary/aromatic N) is 4. The summed E-state index contributed by atoms with van der Waals surface area (Å²) in [6.07, 6.45) is 1.60. The fourth-order valence-electron chi connectivity index (χ4n) is 4.74. The molecule has 4 heterocycles. The lowest BCUT2D eigenvalue weighted by Crippen LogP contribution is -2.76. The minimum atomic E-state index is -4.67. The lowest BCUT2D eigenvalue weighted by molar-refractivity contribution is -1.01. The van der Waals surface area contributed by atoms with E-state index in [1.807, 2.05) is 0 Å². The highest BCUT2D eigenvalue weighted by Crippen LogP contribution is 2.40. The summed E-state index contributed by atoms with van der Waals surface area (Å²) in [5.74, 6) is 0. The summed E-state index contributed by atoms with van der Waals surface area (Å²) in [6, 6.07) is 0. The van der Waals surface area contributed by atoms with Gasteiger partial charge in [-0.25, -0.2) is 9.80 Å². The first kappa shape index (κ1) is 15.6. The van der Waals surface area contributed by atoms with Gasteiger partial charge < -0.3 is 8.97 Å². The predicted octanol–water partition coefficient (Wildman–Crippen LogP) is -1.46. The molecule has 0 bridgehead atoms. The first-order valence-electron chi connectivity index (χ1n) is 7.49. The van der Waals surface area contributed by atoms with E-state index in [-0.39, 0.29) is 0 Å². The standard InChI is InChI=1S/C12H24N4.H2O4S/c1-15-7-3-13-6-10-16(2)8-4-14(5-9-15)12(16)11(13)15;1-5(2,3)4/h11-12H,3-10H2,1-2H3;(H2,1,2,3,4)/q+2;. The van der Waals surface area contributed by atoms with E-state index in [1.54, 1.807) is 0 Å². The number of rotatable bonds is 0. The number of hydrogen-bond donors (Lipinski definition) is 2. The Morgan fingerprint density at radius 3 is 1.29 bits per heavy atom. The van der Waals surface area contributed by atoms with Crippen LogP contribution in [0.4, 0.5) is 0 Å². The smallest absolute Gasteiger partial charge is 0.303 e. The zero-order valence-corrected chi connectivity index (χ0v) is 13.5. The molecule has 4 fully saturated rings. The van der Waals surface area contributed by atoms with Gasteiger partial charge in [0, 0.05) is 0 Å². The van der Waals surface area contributed by atoms with Crippen molar-refractivity contribution < 1.29 is 26.5 Å². The molecule has 2 N–H and O–H groups in total. The van der Waals surface area contributed by atoms with E-state index >= 15 is 0 Å². The summed E-state index contributed by atoms with van der Waals surface area (Å²) in [6.45, 7) is 10.9. The van der Waals surface area contributed by atoms with Gasteiger partial charge in [-0.1, -0.05) is 0 Å². The lowest BCUT2D eigenvalue weighted by Gasteiger charge is -2.54. The van der Waals surface area contributed by atoms with Gasteiger partial charge in [-0.05, 0) is 0 Å². The Morgan fingerprint density at radius 2 is 1.05 bits per heavy atom. The minimum Gasteiger partial charge on any atom is -0.303 e. The number of piperazine rings is 2. The Morgan fingerprint density at radius 1 is 0.810 bits per heavy atom. The van der Waals surface area contributed by atoms with Crippen molar-refractivity contribution in [2.24, 2.45) is 0 Å². The fourth-order valence-corrected chi connectivity index (χ4v) is 4.74. The monoisotopic (exact) mass is 322 g/mol. The molecule has 0 saturated carbocycles.